The van der Waals surface area contributed by atoms with Crippen molar-refractivity contribution in [3.8, 4) is 0 Å². The van der Waals surface area contributed by atoms with Crippen LogP contribution in [0, 0.1) is 0 Å². The quantitative estimate of drug-likeness (QED) is 0.830. The molecule has 0 aliphatic rings. The second kappa shape index (κ2) is 7.14. The minimum absolute atomic E-state index is 0.116. The van der Waals surface area contributed by atoms with Gasteiger partial charge in [0.2, 0.25) is 0 Å². The van der Waals surface area contributed by atoms with E-state index in [2.05, 4.69) is 5.32 Å². The minimum atomic E-state index is -2.57. The van der Waals surface area contributed by atoms with Crippen LogP contribution in [0.4, 0.5) is 4.79 Å². The zero-order valence-corrected chi connectivity index (χ0v) is 12.1. The predicted molar refractivity (Wildman–Crippen MR) is 76.6 cm³/mol. The number of nitrogens with one attached hydrogen (secondary N) is 1. The molecular weight excluding hydrogens is 297 g/mol. The van der Waals surface area contributed by atoms with E-state index >= 15 is 0 Å². The molecular formula is C13H13NO4PS+. The SMILES string of the molecule is O=C(NC(c1ccsc1)[P+](=O)O)OCc1ccccc1. The third-order valence-corrected chi connectivity index (χ3v) is 4.12. The molecule has 0 radical (unpaired) electrons. The first-order valence-electron chi connectivity index (χ1n) is 5.81. The molecule has 2 unspecified atom stereocenters. The van der Waals surface area contributed by atoms with Crippen LogP contribution in [0.3, 0.4) is 0 Å². The lowest BCUT2D eigenvalue weighted by atomic mass is 10.2. The summed E-state index contributed by atoms with van der Waals surface area (Å²) in [4.78, 5) is 20.9. The van der Waals surface area contributed by atoms with Crippen LogP contribution >= 0.6 is 19.4 Å². The summed E-state index contributed by atoms with van der Waals surface area (Å²) in [6.07, 6.45) is -0.720. The highest BCUT2D eigenvalue weighted by Crippen LogP contribution is 2.36. The van der Waals surface area contributed by atoms with Crippen molar-refractivity contribution in [3.05, 3.63) is 58.3 Å². The summed E-state index contributed by atoms with van der Waals surface area (Å²) in [5, 5.41) is 5.89. The van der Waals surface area contributed by atoms with Crippen LogP contribution in [0.1, 0.15) is 16.9 Å². The number of carbonyl (C=O) groups is 1. The maximum atomic E-state index is 11.7. The molecule has 2 atom stereocenters. The van der Waals surface area contributed by atoms with Gasteiger partial charge in [0.1, 0.15) is 6.61 Å². The Labute approximate surface area is 121 Å². The summed E-state index contributed by atoms with van der Waals surface area (Å²) < 4.78 is 16.3. The topological polar surface area (TPSA) is 75.6 Å². The highest BCUT2D eigenvalue weighted by molar-refractivity contribution is 7.38. The molecule has 1 heterocycles. The molecule has 1 amide bonds. The summed E-state index contributed by atoms with van der Waals surface area (Å²) in [5.74, 6) is -0.945. The van der Waals surface area contributed by atoms with Gasteiger partial charge in [0.25, 0.3) is 5.78 Å². The maximum absolute atomic E-state index is 11.7. The van der Waals surface area contributed by atoms with Crippen molar-refractivity contribution < 1.29 is 19.0 Å². The molecule has 0 aliphatic heterocycles. The van der Waals surface area contributed by atoms with Gasteiger partial charge in [-0.1, -0.05) is 30.3 Å². The van der Waals surface area contributed by atoms with Crippen LogP contribution in [-0.4, -0.2) is 11.0 Å². The molecule has 2 aromatic rings. The Morgan fingerprint density at radius 1 is 1.35 bits per heavy atom. The summed E-state index contributed by atoms with van der Waals surface area (Å²) in [6, 6.07) is 10.9. The van der Waals surface area contributed by atoms with Gasteiger partial charge < -0.3 is 4.74 Å². The number of ether oxygens (including phenoxy) is 1. The van der Waals surface area contributed by atoms with Crippen molar-refractivity contribution in [1.82, 2.24) is 5.32 Å². The fourth-order valence-electron chi connectivity index (χ4n) is 1.57. The van der Waals surface area contributed by atoms with E-state index in [0.29, 0.717) is 5.56 Å². The molecule has 0 fully saturated rings. The maximum Gasteiger partial charge on any atom is 0.535 e. The van der Waals surface area contributed by atoms with E-state index in [0.717, 1.165) is 5.56 Å². The van der Waals surface area contributed by atoms with Crippen molar-refractivity contribution in [2.24, 2.45) is 0 Å². The molecule has 1 aromatic heterocycles. The van der Waals surface area contributed by atoms with Crippen LogP contribution in [0.25, 0.3) is 0 Å². The van der Waals surface area contributed by atoms with Gasteiger partial charge >= 0.3 is 14.1 Å². The van der Waals surface area contributed by atoms with Crippen molar-refractivity contribution in [2.45, 2.75) is 12.4 Å². The lowest BCUT2D eigenvalue weighted by molar-refractivity contribution is 0.138. The number of hydrogen-bond acceptors (Lipinski definition) is 4. The van der Waals surface area contributed by atoms with Gasteiger partial charge in [0, 0.05) is 10.9 Å². The Morgan fingerprint density at radius 3 is 2.70 bits per heavy atom. The van der Waals surface area contributed by atoms with E-state index in [1.54, 1.807) is 16.8 Å². The fraction of sp³-hybridized carbons (Fsp3) is 0.154. The largest absolute Gasteiger partial charge is 0.535 e. The average molecular weight is 310 g/mol. The fourth-order valence-corrected chi connectivity index (χ4v) is 2.99. The van der Waals surface area contributed by atoms with E-state index in [9.17, 15) is 14.3 Å². The van der Waals surface area contributed by atoms with Gasteiger partial charge in [-0.3, -0.25) is 5.32 Å². The van der Waals surface area contributed by atoms with E-state index in [4.69, 9.17) is 4.74 Å². The van der Waals surface area contributed by atoms with Gasteiger partial charge in [-0.15, -0.1) is 0 Å². The molecule has 0 saturated heterocycles. The van der Waals surface area contributed by atoms with Crippen LogP contribution < -0.4 is 5.32 Å². The lowest BCUT2D eigenvalue weighted by Crippen LogP contribution is -2.27. The van der Waals surface area contributed by atoms with Gasteiger partial charge in [0.15, 0.2) is 0 Å². The number of carbonyl (C=O) groups excluding carboxylic acids is 1. The standard InChI is InChI=1S/C13H12NO4PS/c15-13(18-8-10-4-2-1-3-5-10)14-12(19(16)17)11-6-7-20-9-11/h1-7,9,12H,8H2,(H-,14,15,16,17)/p+1. The average Bonchev–Trinajstić information content (AvgIpc) is 2.97. The second-order valence-electron chi connectivity index (χ2n) is 3.97. The number of rotatable bonds is 5. The Morgan fingerprint density at radius 2 is 2.10 bits per heavy atom. The molecule has 104 valence electrons. The van der Waals surface area contributed by atoms with Crippen LogP contribution in [0.15, 0.2) is 47.2 Å². The number of thiophene rings is 1. The smallest absolute Gasteiger partial charge is 0.445 e. The van der Waals surface area contributed by atoms with Gasteiger partial charge in [-0.05, 0) is 21.6 Å². The summed E-state index contributed by atoms with van der Waals surface area (Å²) in [7, 11) is -2.57. The van der Waals surface area contributed by atoms with Crippen LogP contribution in [-0.2, 0) is 15.9 Å². The van der Waals surface area contributed by atoms with Crippen LogP contribution in [0.2, 0.25) is 0 Å². The van der Waals surface area contributed by atoms with Gasteiger partial charge in [-0.25, -0.2) is 4.79 Å². The zero-order valence-electron chi connectivity index (χ0n) is 10.4. The monoisotopic (exact) mass is 310 g/mol. The molecule has 2 N–H and O–H groups in total. The van der Waals surface area contributed by atoms with E-state index in [1.807, 2.05) is 30.3 Å². The normalized spacial score (nSPS) is 12.6. The third kappa shape index (κ3) is 4.13. The summed E-state index contributed by atoms with van der Waals surface area (Å²) in [6.45, 7) is 0.116. The van der Waals surface area contributed by atoms with Crippen molar-refractivity contribution in [1.29, 1.82) is 0 Å². The molecule has 0 saturated carbocycles. The number of benzene rings is 1. The highest BCUT2D eigenvalue weighted by atomic mass is 32.1. The lowest BCUT2D eigenvalue weighted by Gasteiger charge is -2.08. The molecule has 2 rings (SSSR count). The van der Waals surface area contributed by atoms with E-state index < -0.39 is 19.9 Å². The first-order chi connectivity index (χ1) is 9.66. The van der Waals surface area contributed by atoms with Crippen molar-refractivity contribution in [2.75, 3.05) is 0 Å². The highest BCUT2D eigenvalue weighted by Gasteiger charge is 2.33. The molecule has 0 bridgehead atoms. The molecule has 5 nitrogen and oxygen atoms in total. The molecule has 1 aromatic carbocycles. The number of alkyl carbamates (subject to hydrolysis) is 1. The third-order valence-electron chi connectivity index (χ3n) is 2.55. The second-order valence-corrected chi connectivity index (χ2v) is 5.87. The molecule has 7 heteroatoms. The molecule has 0 spiro atoms. The first kappa shape index (κ1) is 14.7. The van der Waals surface area contributed by atoms with Gasteiger partial charge in [-0.2, -0.15) is 16.2 Å². The Bertz CT molecular complexity index is 573. The molecule has 20 heavy (non-hydrogen) atoms. The summed E-state index contributed by atoms with van der Waals surface area (Å²) >= 11 is 1.39. The van der Waals surface area contributed by atoms with Crippen molar-refractivity contribution in [3.63, 3.8) is 0 Å². The zero-order chi connectivity index (χ0) is 14.4. The van der Waals surface area contributed by atoms with Gasteiger partial charge in [0.05, 0.1) is 0 Å². The Hall–Kier alpha value is -1.75. The van der Waals surface area contributed by atoms with Crippen molar-refractivity contribution >= 4 is 25.5 Å². The first-order valence-corrected chi connectivity index (χ1v) is 8.04. The minimum Gasteiger partial charge on any atom is -0.445 e. The van der Waals surface area contributed by atoms with E-state index in [-0.39, 0.29) is 6.61 Å². The Kier molecular flexibility index (Phi) is 5.24. The van der Waals surface area contributed by atoms with Crippen LogP contribution in [0.5, 0.6) is 0 Å². The number of hydrogen-bond donors (Lipinski definition) is 2. The molecule has 0 aliphatic carbocycles. The number of amides is 1. The Balaban J connectivity index is 1.91. The summed E-state index contributed by atoms with van der Waals surface area (Å²) in [5.41, 5.74) is 1.44. The predicted octanol–water partition coefficient (Wildman–Crippen LogP) is 3.41. The van der Waals surface area contributed by atoms with E-state index in [1.165, 1.54) is 11.3 Å².